The van der Waals surface area contributed by atoms with E-state index in [1.165, 1.54) is 24.4 Å². The molecule has 1 aromatic carbocycles. The number of aromatic amines is 1. The maximum atomic E-state index is 13.5. The molecule has 0 fully saturated rings. The molecule has 0 spiro atoms. The zero-order valence-electron chi connectivity index (χ0n) is 18.2. The lowest BCUT2D eigenvalue weighted by molar-refractivity contribution is 0.0936. The van der Waals surface area contributed by atoms with Gasteiger partial charge in [-0.05, 0) is 43.7 Å². The number of benzene rings is 1. The highest BCUT2D eigenvalue weighted by Gasteiger charge is 2.19. The first kappa shape index (κ1) is 22.1. The fraction of sp³-hybridized carbons (Fsp3) is 0.208. The standard InChI is InChI=1S/C24H23FN6O2/c1-15(2)31-14-18(13-27-31)24(33)29-21(16-3-5-19(25)6-4-16)11-20-12-22(32)30-23(28-20)17-7-9-26-10-8-17/h3-10,12-15,21H,11H2,1-2H3,(H,29,33)(H,28,30,32)/t21-/m1/s1. The van der Waals surface area contributed by atoms with E-state index in [1.807, 2.05) is 13.8 Å². The quantitative estimate of drug-likeness (QED) is 0.452. The van der Waals surface area contributed by atoms with E-state index in [9.17, 15) is 14.0 Å². The van der Waals surface area contributed by atoms with Crippen molar-refractivity contribution >= 4 is 5.91 Å². The van der Waals surface area contributed by atoms with E-state index >= 15 is 0 Å². The van der Waals surface area contributed by atoms with Gasteiger partial charge in [-0.25, -0.2) is 9.37 Å². The fourth-order valence-electron chi connectivity index (χ4n) is 3.39. The largest absolute Gasteiger partial charge is 0.345 e. The summed E-state index contributed by atoms with van der Waals surface area (Å²) in [6.07, 6.45) is 6.64. The molecule has 4 rings (SSSR count). The molecule has 0 saturated heterocycles. The van der Waals surface area contributed by atoms with Gasteiger partial charge < -0.3 is 10.3 Å². The van der Waals surface area contributed by atoms with Gasteiger partial charge in [-0.1, -0.05) is 12.1 Å². The number of nitrogens with zero attached hydrogens (tertiary/aromatic N) is 4. The van der Waals surface area contributed by atoms with Crippen LogP contribution in [0.2, 0.25) is 0 Å². The second kappa shape index (κ2) is 9.56. The average molecular weight is 446 g/mol. The van der Waals surface area contributed by atoms with E-state index in [0.29, 0.717) is 28.2 Å². The molecule has 168 valence electrons. The van der Waals surface area contributed by atoms with Crippen LogP contribution in [-0.4, -0.2) is 30.6 Å². The van der Waals surface area contributed by atoms with Crippen molar-refractivity contribution in [2.24, 2.45) is 0 Å². The summed E-state index contributed by atoms with van der Waals surface area (Å²) in [6, 6.07) is 10.3. The zero-order valence-corrected chi connectivity index (χ0v) is 18.2. The topological polar surface area (TPSA) is 106 Å². The molecule has 1 atom stereocenters. The van der Waals surface area contributed by atoms with Gasteiger partial charge in [0.15, 0.2) is 0 Å². The third-order valence-electron chi connectivity index (χ3n) is 5.13. The summed E-state index contributed by atoms with van der Waals surface area (Å²) in [4.78, 5) is 36.5. The molecule has 0 saturated carbocycles. The summed E-state index contributed by atoms with van der Waals surface area (Å²) >= 11 is 0. The zero-order chi connectivity index (χ0) is 23.4. The first-order chi connectivity index (χ1) is 15.9. The van der Waals surface area contributed by atoms with Gasteiger partial charge in [0.05, 0.1) is 23.5 Å². The van der Waals surface area contributed by atoms with E-state index in [0.717, 1.165) is 0 Å². The van der Waals surface area contributed by atoms with Crippen molar-refractivity contribution in [3.63, 3.8) is 0 Å². The number of nitrogens with one attached hydrogen (secondary N) is 2. The van der Waals surface area contributed by atoms with Crippen LogP contribution in [0.1, 0.15) is 47.5 Å². The van der Waals surface area contributed by atoms with Crippen LogP contribution in [-0.2, 0) is 6.42 Å². The number of aromatic nitrogens is 5. The summed E-state index contributed by atoms with van der Waals surface area (Å²) in [5, 5.41) is 7.18. The monoisotopic (exact) mass is 446 g/mol. The van der Waals surface area contributed by atoms with Crippen LogP contribution in [0.4, 0.5) is 4.39 Å². The van der Waals surface area contributed by atoms with Crippen molar-refractivity contribution in [3.8, 4) is 11.4 Å². The van der Waals surface area contributed by atoms with Crippen molar-refractivity contribution in [3.05, 3.63) is 100 Å². The molecule has 0 radical (unpaired) electrons. The molecule has 9 heteroatoms. The van der Waals surface area contributed by atoms with Crippen LogP contribution in [0, 0.1) is 5.82 Å². The third-order valence-corrected chi connectivity index (χ3v) is 5.13. The van der Waals surface area contributed by atoms with E-state index in [-0.39, 0.29) is 29.7 Å². The van der Waals surface area contributed by atoms with Crippen molar-refractivity contribution in [2.45, 2.75) is 32.4 Å². The Morgan fingerprint density at radius 2 is 1.88 bits per heavy atom. The molecule has 8 nitrogen and oxygen atoms in total. The van der Waals surface area contributed by atoms with Crippen LogP contribution in [0.5, 0.6) is 0 Å². The second-order valence-corrected chi connectivity index (χ2v) is 7.91. The number of rotatable bonds is 7. The number of hydrogen-bond donors (Lipinski definition) is 2. The van der Waals surface area contributed by atoms with Crippen molar-refractivity contribution in [1.29, 1.82) is 0 Å². The Hall–Kier alpha value is -4.14. The molecule has 33 heavy (non-hydrogen) atoms. The van der Waals surface area contributed by atoms with Crippen molar-refractivity contribution in [2.75, 3.05) is 0 Å². The Kier molecular flexibility index (Phi) is 6.39. The Morgan fingerprint density at radius 1 is 1.15 bits per heavy atom. The molecule has 3 heterocycles. The molecule has 0 aliphatic rings. The average Bonchev–Trinajstić information content (AvgIpc) is 3.30. The number of carbonyl (C=O) groups excluding carboxylic acids is 1. The van der Waals surface area contributed by atoms with Gasteiger partial charge in [-0.2, -0.15) is 5.10 Å². The smallest absolute Gasteiger partial charge is 0.254 e. The van der Waals surface area contributed by atoms with E-state index in [1.54, 1.807) is 47.5 Å². The van der Waals surface area contributed by atoms with Gasteiger partial charge in [0.25, 0.3) is 11.5 Å². The highest BCUT2D eigenvalue weighted by atomic mass is 19.1. The van der Waals surface area contributed by atoms with E-state index < -0.39 is 6.04 Å². The number of amides is 1. The van der Waals surface area contributed by atoms with Gasteiger partial charge in [0.2, 0.25) is 0 Å². The minimum absolute atomic E-state index is 0.117. The molecule has 0 bridgehead atoms. The predicted molar refractivity (Wildman–Crippen MR) is 121 cm³/mol. The maximum absolute atomic E-state index is 13.5. The number of pyridine rings is 1. The molecular formula is C24H23FN6O2. The summed E-state index contributed by atoms with van der Waals surface area (Å²) in [7, 11) is 0. The molecule has 4 aromatic rings. The van der Waals surface area contributed by atoms with Crippen LogP contribution in [0.3, 0.4) is 0 Å². The van der Waals surface area contributed by atoms with Gasteiger partial charge in [-0.15, -0.1) is 0 Å². The summed E-state index contributed by atoms with van der Waals surface area (Å²) in [5.41, 5.74) is 1.99. The first-order valence-electron chi connectivity index (χ1n) is 10.5. The highest BCUT2D eigenvalue weighted by Crippen LogP contribution is 2.20. The second-order valence-electron chi connectivity index (χ2n) is 7.91. The Labute approximate surface area is 189 Å². The Morgan fingerprint density at radius 3 is 2.55 bits per heavy atom. The highest BCUT2D eigenvalue weighted by molar-refractivity contribution is 5.94. The summed E-state index contributed by atoms with van der Waals surface area (Å²) in [6.45, 7) is 3.93. The van der Waals surface area contributed by atoms with Gasteiger partial charge >= 0.3 is 0 Å². The minimum Gasteiger partial charge on any atom is -0.345 e. The number of hydrogen-bond acceptors (Lipinski definition) is 5. The normalized spacial score (nSPS) is 12.0. The molecule has 0 aliphatic carbocycles. The minimum atomic E-state index is -0.542. The lowest BCUT2D eigenvalue weighted by atomic mass is 10.0. The molecule has 1 amide bonds. The lowest BCUT2D eigenvalue weighted by Gasteiger charge is -2.19. The van der Waals surface area contributed by atoms with Gasteiger partial charge in [0, 0.05) is 42.7 Å². The summed E-state index contributed by atoms with van der Waals surface area (Å²) < 4.78 is 15.2. The molecular weight excluding hydrogens is 423 g/mol. The third kappa shape index (κ3) is 5.38. The van der Waals surface area contributed by atoms with Crippen molar-refractivity contribution < 1.29 is 9.18 Å². The molecule has 0 aliphatic heterocycles. The number of halogens is 1. The van der Waals surface area contributed by atoms with Crippen LogP contribution in [0.25, 0.3) is 11.4 Å². The van der Waals surface area contributed by atoms with E-state index in [4.69, 9.17) is 0 Å². The fourth-order valence-corrected chi connectivity index (χ4v) is 3.39. The van der Waals surface area contributed by atoms with Gasteiger partial charge in [0.1, 0.15) is 11.6 Å². The number of carbonyl (C=O) groups is 1. The molecule has 0 unspecified atom stereocenters. The van der Waals surface area contributed by atoms with E-state index in [2.05, 4.69) is 25.4 Å². The SMILES string of the molecule is CC(C)n1cc(C(=O)N[C@H](Cc2cc(=O)[nH]c(-c3ccncc3)n2)c2ccc(F)cc2)cn1. The Balaban J connectivity index is 1.64. The predicted octanol–water partition coefficient (Wildman–Crippen LogP) is 3.46. The first-order valence-corrected chi connectivity index (χ1v) is 10.5. The lowest BCUT2D eigenvalue weighted by Crippen LogP contribution is -2.30. The summed E-state index contributed by atoms with van der Waals surface area (Å²) in [5.74, 6) is -0.297. The van der Waals surface area contributed by atoms with Gasteiger partial charge in [-0.3, -0.25) is 19.3 Å². The van der Waals surface area contributed by atoms with Crippen LogP contribution >= 0.6 is 0 Å². The number of H-pyrrole nitrogens is 1. The van der Waals surface area contributed by atoms with Crippen LogP contribution in [0.15, 0.2) is 72.0 Å². The van der Waals surface area contributed by atoms with Crippen LogP contribution < -0.4 is 10.9 Å². The maximum Gasteiger partial charge on any atom is 0.254 e. The Bertz CT molecular complexity index is 1300. The molecule has 3 aromatic heterocycles. The van der Waals surface area contributed by atoms with Crippen molar-refractivity contribution in [1.82, 2.24) is 30.0 Å². The molecule has 2 N–H and O–H groups in total.